The summed E-state index contributed by atoms with van der Waals surface area (Å²) in [5.74, 6) is 0. The van der Waals surface area contributed by atoms with E-state index >= 15 is 0 Å². The van der Waals surface area contributed by atoms with Crippen LogP contribution >= 0.6 is 11.6 Å². The Kier molecular flexibility index (Phi) is 4.08. The van der Waals surface area contributed by atoms with Crippen molar-refractivity contribution in [2.24, 2.45) is 0 Å². The van der Waals surface area contributed by atoms with Crippen LogP contribution in [0, 0.1) is 6.92 Å². The van der Waals surface area contributed by atoms with Crippen LogP contribution in [0.3, 0.4) is 0 Å². The first-order valence-corrected chi connectivity index (χ1v) is 6.46. The molecule has 2 nitrogen and oxygen atoms in total. The van der Waals surface area contributed by atoms with E-state index in [1.54, 1.807) is 0 Å². The highest BCUT2D eigenvalue weighted by Crippen LogP contribution is 2.27. The third kappa shape index (κ3) is 3.02. The van der Waals surface area contributed by atoms with Gasteiger partial charge < -0.3 is 10.6 Å². The molecule has 1 saturated heterocycles. The molecule has 1 aliphatic rings. The van der Waals surface area contributed by atoms with Gasteiger partial charge in [-0.05, 0) is 56.1 Å². The van der Waals surface area contributed by atoms with Gasteiger partial charge in [-0.25, -0.2) is 0 Å². The molecule has 0 aliphatic carbocycles. The number of rotatable bonds is 2. The maximum atomic E-state index is 6.14. The van der Waals surface area contributed by atoms with Crippen LogP contribution in [0.2, 0.25) is 5.02 Å². The molecule has 0 unspecified atom stereocenters. The van der Waals surface area contributed by atoms with Crippen LogP contribution < -0.4 is 10.6 Å². The summed E-state index contributed by atoms with van der Waals surface area (Å²) in [4.78, 5) is 0. The van der Waals surface area contributed by atoms with Gasteiger partial charge in [0.2, 0.25) is 0 Å². The van der Waals surface area contributed by atoms with Crippen LogP contribution in [0.4, 0.5) is 5.69 Å². The van der Waals surface area contributed by atoms with E-state index in [0.717, 1.165) is 36.6 Å². The maximum absolute atomic E-state index is 6.14. The van der Waals surface area contributed by atoms with Crippen LogP contribution in [0.15, 0.2) is 17.7 Å². The fourth-order valence-electron chi connectivity index (χ4n) is 2.22. The van der Waals surface area contributed by atoms with E-state index in [4.69, 9.17) is 11.6 Å². The van der Waals surface area contributed by atoms with Gasteiger partial charge >= 0.3 is 0 Å². The molecule has 1 aromatic carbocycles. The first kappa shape index (κ1) is 12.5. The normalized spacial score (nSPS) is 15.8. The van der Waals surface area contributed by atoms with Gasteiger partial charge in [0, 0.05) is 17.8 Å². The number of hydrogen-bond donors (Lipinski definition) is 2. The molecule has 17 heavy (non-hydrogen) atoms. The number of anilines is 1. The minimum Gasteiger partial charge on any atom is -0.388 e. The van der Waals surface area contributed by atoms with Gasteiger partial charge in [-0.15, -0.1) is 0 Å². The standard InChI is InChI=1S/C14H19ClN2/c1-10-12(7-11-3-5-17-6-4-11)8-13(15)9-14(10)16-2/h7-9,16-17H,3-6H2,1-2H3. The zero-order chi connectivity index (χ0) is 12.3. The Labute approximate surface area is 108 Å². The molecular weight excluding hydrogens is 232 g/mol. The Bertz CT molecular complexity index is 430. The summed E-state index contributed by atoms with van der Waals surface area (Å²) >= 11 is 6.14. The monoisotopic (exact) mass is 250 g/mol. The Morgan fingerprint density at radius 2 is 2.00 bits per heavy atom. The van der Waals surface area contributed by atoms with Crippen molar-refractivity contribution in [1.29, 1.82) is 0 Å². The second kappa shape index (κ2) is 5.56. The number of nitrogens with one attached hydrogen (secondary N) is 2. The van der Waals surface area contributed by atoms with Crippen molar-refractivity contribution in [3.05, 3.63) is 33.9 Å². The quantitative estimate of drug-likeness (QED) is 0.840. The lowest BCUT2D eigenvalue weighted by Crippen LogP contribution is -2.22. The van der Waals surface area contributed by atoms with Gasteiger partial charge in [0.25, 0.3) is 0 Å². The van der Waals surface area contributed by atoms with Crippen LogP contribution in [0.1, 0.15) is 24.0 Å². The second-order valence-corrected chi connectivity index (χ2v) is 4.91. The van der Waals surface area contributed by atoms with Gasteiger partial charge in [0.05, 0.1) is 0 Å². The lowest BCUT2D eigenvalue weighted by molar-refractivity contribution is 0.613. The minimum absolute atomic E-state index is 0.792. The molecular formula is C14H19ClN2. The summed E-state index contributed by atoms with van der Waals surface area (Å²) in [5, 5.41) is 7.35. The third-order valence-corrected chi connectivity index (χ3v) is 3.51. The topological polar surface area (TPSA) is 24.1 Å². The number of halogens is 1. The van der Waals surface area contributed by atoms with E-state index in [0.29, 0.717) is 0 Å². The molecule has 1 aromatic rings. The molecule has 0 amide bonds. The molecule has 2 N–H and O–H groups in total. The van der Waals surface area contributed by atoms with Crippen molar-refractivity contribution in [3.63, 3.8) is 0 Å². The molecule has 3 heteroatoms. The predicted molar refractivity (Wildman–Crippen MR) is 75.8 cm³/mol. The van der Waals surface area contributed by atoms with Crippen molar-refractivity contribution in [1.82, 2.24) is 5.32 Å². The Morgan fingerprint density at radius 1 is 1.29 bits per heavy atom. The maximum Gasteiger partial charge on any atom is 0.0432 e. The van der Waals surface area contributed by atoms with Gasteiger partial charge in [-0.1, -0.05) is 23.3 Å². The van der Waals surface area contributed by atoms with E-state index in [2.05, 4.69) is 23.6 Å². The molecule has 1 fully saturated rings. The van der Waals surface area contributed by atoms with Gasteiger partial charge in [0.15, 0.2) is 0 Å². The van der Waals surface area contributed by atoms with E-state index in [-0.39, 0.29) is 0 Å². The molecule has 1 heterocycles. The lowest BCUT2D eigenvalue weighted by Gasteiger charge is -2.16. The van der Waals surface area contributed by atoms with E-state index in [1.807, 2.05) is 19.2 Å². The number of hydrogen-bond acceptors (Lipinski definition) is 2. The Morgan fingerprint density at radius 3 is 2.65 bits per heavy atom. The number of piperidine rings is 1. The molecule has 2 rings (SSSR count). The molecule has 0 atom stereocenters. The Hall–Kier alpha value is -0.990. The van der Waals surface area contributed by atoms with Gasteiger partial charge in [-0.3, -0.25) is 0 Å². The van der Waals surface area contributed by atoms with Crippen LogP contribution in [-0.2, 0) is 0 Å². The summed E-state index contributed by atoms with van der Waals surface area (Å²) in [6, 6.07) is 4.02. The molecule has 0 radical (unpaired) electrons. The summed E-state index contributed by atoms with van der Waals surface area (Å²) in [6.45, 7) is 4.31. The smallest absolute Gasteiger partial charge is 0.0432 e. The van der Waals surface area contributed by atoms with Crippen molar-refractivity contribution >= 4 is 23.4 Å². The van der Waals surface area contributed by atoms with Gasteiger partial charge in [-0.2, -0.15) is 0 Å². The molecule has 1 aliphatic heterocycles. The second-order valence-electron chi connectivity index (χ2n) is 4.47. The summed E-state index contributed by atoms with van der Waals surface area (Å²) < 4.78 is 0. The summed E-state index contributed by atoms with van der Waals surface area (Å²) in [5.41, 5.74) is 5.12. The summed E-state index contributed by atoms with van der Waals surface area (Å²) in [6.07, 6.45) is 4.57. The van der Waals surface area contributed by atoms with E-state index < -0.39 is 0 Å². The van der Waals surface area contributed by atoms with Crippen molar-refractivity contribution in [2.75, 3.05) is 25.5 Å². The lowest BCUT2D eigenvalue weighted by atomic mass is 9.99. The van der Waals surface area contributed by atoms with Crippen molar-refractivity contribution < 1.29 is 0 Å². The highest BCUT2D eigenvalue weighted by molar-refractivity contribution is 6.31. The van der Waals surface area contributed by atoms with E-state index in [1.165, 1.54) is 16.7 Å². The fraction of sp³-hybridized carbons (Fsp3) is 0.429. The molecule has 92 valence electrons. The highest BCUT2D eigenvalue weighted by Gasteiger charge is 2.08. The molecule has 0 spiro atoms. The fourth-order valence-corrected chi connectivity index (χ4v) is 2.45. The SMILES string of the molecule is CNc1cc(Cl)cc(C=C2CCNCC2)c1C. The first-order valence-electron chi connectivity index (χ1n) is 6.09. The molecule has 0 aromatic heterocycles. The third-order valence-electron chi connectivity index (χ3n) is 3.29. The minimum atomic E-state index is 0.792. The van der Waals surface area contributed by atoms with Crippen LogP contribution in [-0.4, -0.2) is 20.1 Å². The zero-order valence-corrected chi connectivity index (χ0v) is 11.2. The average molecular weight is 251 g/mol. The van der Waals surface area contributed by atoms with Crippen molar-refractivity contribution in [2.45, 2.75) is 19.8 Å². The highest BCUT2D eigenvalue weighted by atomic mass is 35.5. The van der Waals surface area contributed by atoms with Gasteiger partial charge in [0.1, 0.15) is 0 Å². The zero-order valence-electron chi connectivity index (χ0n) is 10.4. The van der Waals surface area contributed by atoms with Crippen molar-refractivity contribution in [3.8, 4) is 0 Å². The summed E-state index contributed by atoms with van der Waals surface area (Å²) in [7, 11) is 1.93. The Balaban J connectivity index is 2.34. The largest absolute Gasteiger partial charge is 0.388 e. The molecule has 0 bridgehead atoms. The average Bonchev–Trinajstić information content (AvgIpc) is 2.34. The molecule has 0 saturated carbocycles. The van der Waals surface area contributed by atoms with E-state index in [9.17, 15) is 0 Å². The first-order chi connectivity index (χ1) is 8.20. The van der Waals surface area contributed by atoms with Crippen LogP contribution in [0.5, 0.6) is 0 Å². The van der Waals surface area contributed by atoms with Crippen LogP contribution in [0.25, 0.3) is 6.08 Å². The number of benzene rings is 1. The predicted octanol–water partition coefficient (Wildman–Crippen LogP) is 3.46.